The maximum Gasteiger partial charge on any atom is 0.252 e. The average Bonchev–Trinajstić information content (AvgIpc) is 1.62. The maximum atomic E-state index is 2.72. The van der Waals surface area contributed by atoms with Crippen LogP contribution in [0.15, 0.2) is 358 Å². The average molecular weight is 1420 g/mol. The third-order valence-electron chi connectivity index (χ3n) is 24.0. The van der Waals surface area contributed by atoms with Gasteiger partial charge < -0.3 is 28.1 Å². The summed E-state index contributed by atoms with van der Waals surface area (Å²) in [5.74, 6) is 0. The number of anilines is 6. The summed E-state index contributed by atoms with van der Waals surface area (Å²) in [4.78, 5) is 5.43. The number of rotatable bonds is 9. The van der Waals surface area contributed by atoms with Crippen LogP contribution in [0, 0.1) is 0 Å². The predicted octanol–water partition coefficient (Wildman–Crippen LogP) is 25.8. The van der Waals surface area contributed by atoms with E-state index in [9.17, 15) is 0 Å². The van der Waals surface area contributed by atoms with E-state index in [1.165, 1.54) is 70.6 Å². The number of hydrogen-bond acceptors (Lipinski definition) is 2. The monoisotopic (exact) mass is 1420 g/mol. The molecule has 6 heterocycles. The van der Waals surface area contributed by atoms with Gasteiger partial charge in [-0.3, -0.25) is 0 Å². The van der Waals surface area contributed by atoms with Crippen molar-refractivity contribution in [3.8, 4) is 56.1 Å². The molecule has 0 fully saturated rings. The van der Waals surface area contributed by atoms with E-state index in [0.717, 1.165) is 134 Å². The molecule has 0 radical (unpaired) electrons. The molecule has 16 aromatic carbocycles. The van der Waals surface area contributed by atoms with Crippen LogP contribution < -0.4 is 26.2 Å². The molecule has 0 atom stereocenters. The Bertz CT molecular complexity index is 6700. The van der Waals surface area contributed by atoms with E-state index < -0.39 is 0 Å². The van der Waals surface area contributed by atoms with Crippen LogP contribution in [0.25, 0.3) is 143 Å². The number of para-hydroxylation sites is 6. The summed E-state index contributed by atoms with van der Waals surface area (Å²) in [7, 11) is 0. The second-order valence-electron chi connectivity index (χ2n) is 32.4. The largest absolute Gasteiger partial charge is 0.309 e. The van der Waals surface area contributed by atoms with Crippen molar-refractivity contribution in [3.63, 3.8) is 0 Å². The predicted molar refractivity (Wildman–Crippen MR) is 472 cm³/mol. The summed E-state index contributed by atoms with van der Waals surface area (Å²) in [5, 5.41) is 9.65. The molecule has 0 amide bonds. The van der Waals surface area contributed by atoms with Crippen LogP contribution in [0.3, 0.4) is 0 Å². The van der Waals surface area contributed by atoms with Crippen LogP contribution in [0.5, 0.6) is 0 Å². The fraction of sp³-hybridized carbons (Fsp3) is 0.0769. The zero-order valence-corrected chi connectivity index (χ0v) is 62.8. The van der Waals surface area contributed by atoms with E-state index in [1.54, 1.807) is 0 Å². The van der Waals surface area contributed by atoms with Gasteiger partial charge in [-0.05, 0) is 205 Å². The van der Waals surface area contributed by atoms with Crippen molar-refractivity contribution < 1.29 is 0 Å². The van der Waals surface area contributed by atoms with Gasteiger partial charge in [-0.2, -0.15) is 0 Å². The second kappa shape index (κ2) is 24.4. The smallest absolute Gasteiger partial charge is 0.252 e. The van der Waals surface area contributed by atoms with Crippen molar-refractivity contribution in [1.82, 2.24) is 18.3 Å². The fourth-order valence-corrected chi connectivity index (χ4v) is 18.8. The quantitative estimate of drug-likeness (QED) is 0.135. The minimum absolute atomic E-state index is 0.125. The van der Waals surface area contributed by atoms with Gasteiger partial charge >= 0.3 is 0 Å². The zero-order chi connectivity index (χ0) is 74.1. The number of nitrogens with zero attached hydrogens (tertiary/aromatic N) is 6. The molecule has 22 rings (SSSR count). The molecular weight excluding hydrogens is 1340 g/mol. The molecule has 4 aromatic heterocycles. The third-order valence-corrected chi connectivity index (χ3v) is 24.0. The van der Waals surface area contributed by atoms with Crippen LogP contribution in [0.1, 0.15) is 52.7 Å². The summed E-state index contributed by atoms with van der Waals surface area (Å²) in [5.41, 5.74) is 32.8. The van der Waals surface area contributed by atoms with Crippen molar-refractivity contribution in [2.75, 3.05) is 9.80 Å². The van der Waals surface area contributed by atoms with Crippen LogP contribution in [0.4, 0.5) is 34.1 Å². The van der Waals surface area contributed by atoms with Crippen molar-refractivity contribution in [2.45, 2.75) is 52.4 Å². The van der Waals surface area contributed by atoms with Gasteiger partial charge in [0.1, 0.15) is 0 Å². The van der Waals surface area contributed by atoms with Gasteiger partial charge in [0.15, 0.2) is 0 Å². The van der Waals surface area contributed by atoms with Gasteiger partial charge in [0.2, 0.25) is 0 Å². The molecular formula is C104H77BN6. The Hall–Kier alpha value is -13.6. The van der Waals surface area contributed by atoms with E-state index in [0.29, 0.717) is 0 Å². The molecule has 2 aliphatic rings. The van der Waals surface area contributed by atoms with E-state index in [-0.39, 0.29) is 17.5 Å². The molecule has 0 saturated carbocycles. The fourth-order valence-electron chi connectivity index (χ4n) is 18.8. The highest BCUT2D eigenvalue weighted by Crippen LogP contribution is 2.54. The van der Waals surface area contributed by atoms with E-state index in [2.05, 4.69) is 428 Å². The van der Waals surface area contributed by atoms with Crippen LogP contribution >= 0.6 is 0 Å². The lowest BCUT2D eigenvalue weighted by atomic mass is 9.33. The first kappa shape index (κ1) is 64.6. The Morgan fingerprint density at radius 1 is 0.207 bits per heavy atom. The lowest BCUT2D eigenvalue weighted by Crippen LogP contribution is -2.61. The Kier molecular flexibility index (Phi) is 14.2. The minimum atomic E-state index is -0.291. The van der Waals surface area contributed by atoms with Gasteiger partial charge in [0, 0.05) is 88.6 Å². The topological polar surface area (TPSA) is 26.2 Å². The number of fused-ring (bicyclic) bond motifs is 16. The lowest BCUT2D eigenvalue weighted by molar-refractivity contribution is 0.591. The minimum Gasteiger partial charge on any atom is -0.309 e. The standard InChI is InChI=1S/C104H77BN6/c1-103(2,3)72-48-54-92-82(62-72)84-56-69(66-30-12-7-13-31-66)60-98(101(84)108(92)74-36-18-10-19-37-74)110-94-64-76(106-88-44-26-22-40-78(88)79-41-23-27-45-89(79)106)50-52-86(94)105-87-53-51-77(107-90-46-28-24-42-80(90)81-43-25-29-47-91(81)107)65-95(87)111(97-59-71(58-96(110)100(97)105)68-34-16-9-17-35-68)99-61-70(67-32-14-8-15-33-67)57-85-83-63-73(104(4,5)6)49-55-93(83)109(102(85)99)75-38-20-11-21-39-75/h7-65H,1-6H3. The molecule has 0 saturated heterocycles. The lowest BCUT2D eigenvalue weighted by Gasteiger charge is -2.45. The van der Waals surface area contributed by atoms with Gasteiger partial charge in [-0.15, -0.1) is 0 Å². The van der Waals surface area contributed by atoms with Crippen LogP contribution in [-0.4, -0.2) is 25.0 Å². The number of hydrogen-bond donors (Lipinski definition) is 0. The molecule has 6 nitrogen and oxygen atoms in total. The highest BCUT2D eigenvalue weighted by Gasteiger charge is 2.46. The Balaban J connectivity index is 0.945. The van der Waals surface area contributed by atoms with Gasteiger partial charge in [0.25, 0.3) is 6.71 Å². The highest BCUT2D eigenvalue weighted by molar-refractivity contribution is 7.00. The van der Waals surface area contributed by atoms with Crippen molar-refractivity contribution in [2.24, 2.45) is 0 Å². The van der Waals surface area contributed by atoms with Crippen molar-refractivity contribution >= 4 is 144 Å². The summed E-state index contributed by atoms with van der Waals surface area (Å²) >= 11 is 0. The summed E-state index contributed by atoms with van der Waals surface area (Å²) in [6.07, 6.45) is 0. The zero-order valence-electron chi connectivity index (χ0n) is 62.8. The molecule has 20 aromatic rings. The normalized spacial score (nSPS) is 12.9. The van der Waals surface area contributed by atoms with Gasteiger partial charge in [0.05, 0.1) is 55.5 Å². The first-order valence-electron chi connectivity index (χ1n) is 38.9. The van der Waals surface area contributed by atoms with Crippen LogP contribution in [0.2, 0.25) is 0 Å². The first-order valence-corrected chi connectivity index (χ1v) is 38.9. The Labute approximate surface area is 645 Å². The third kappa shape index (κ3) is 9.91. The van der Waals surface area contributed by atoms with Crippen LogP contribution in [-0.2, 0) is 10.8 Å². The highest BCUT2D eigenvalue weighted by atomic mass is 15.2. The summed E-state index contributed by atoms with van der Waals surface area (Å²) < 4.78 is 10.1. The first-order chi connectivity index (χ1) is 54.4. The molecule has 0 bridgehead atoms. The van der Waals surface area contributed by atoms with Crippen molar-refractivity contribution in [1.29, 1.82) is 0 Å². The Morgan fingerprint density at radius 2 is 0.514 bits per heavy atom. The van der Waals surface area contributed by atoms with E-state index in [4.69, 9.17) is 0 Å². The summed E-state index contributed by atoms with van der Waals surface area (Å²) in [6.45, 7) is 13.7. The Morgan fingerprint density at radius 3 is 0.865 bits per heavy atom. The molecule has 526 valence electrons. The number of aromatic nitrogens is 4. The molecule has 111 heavy (non-hydrogen) atoms. The molecule has 0 N–H and O–H groups in total. The van der Waals surface area contributed by atoms with E-state index >= 15 is 0 Å². The van der Waals surface area contributed by atoms with Crippen molar-refractivity contribution in [3.05, 3.63) is 369 Å². The molecule has 0 unspecified atom stereocenters. The molecule has 0 spiro atoms. The maximum absolute atomic E-state index is 2.72. The number of benzene rings is 16. The van der Waals surface area contributed by atoms with Gasteiger partial charge in [-0.25, -0.2) is 0 Å². The summed E-state index contributed by atoms with van der Waals surface area (Å²) in [6, 6.07) is 136. The molecule has 0 aliphatic carbocycles. The SMILES string of the molecule is CC(C)(C)c1ccc2c(c1)c1cc(-c3ccccc3)cc(N3c4cc(-n5c6ccccc6c6ccccc65)ccc4B4c5ccc(-n6c7ccccc7c7ccccc76)cc5N(c5cc(-c6ccccc6)cc6c7cc(C(C)(C)C)ccc7n(-c7ccccc7)c56)c5cc(-c6ccccc6)cc3c54)c1n2-c1ccccc1. The molecule has 7 heteroatoms. The van der Waals surface area contributed by atoms with E-state index in [1.807, 2.05) is 0 Å². The second-order valence-corrected chi connectivity index (χ2v) is 32.4. The van der Waals surface area contributed by atoms with Gasteiger partial charge in [-0.1, -0.05) is 266 Å². The molecule has 2 aliphatic heterocycles.